The SMILES string of the molecule is NC1CCCCC1N(Cc1cc(NC(=O)c2cccnc2)ccc1Cl)C(=O)c1cccc(F)c1. The molecule has 176 valence electrons. The van der Waals surface area contributed by atoms with Crippen LogP contribution in [0.15, 0.2) is 67.0 Å². The Labute approximate surface area is 202 Å². The maximum atomic E-state index is 13.9. The van der Waals surface area contributed by atoms with E-state index < -0.39 is 5.82 Å². The fourth-order valence-corrected chi connectivity index (χ4v) is 4.49. The molecule has 6 nitrogen and oxygen atoms in total. The van der Waals surface area contributed by atoms with Gasteiger partial charge < -0.3 is 16.0 Å². The lowest BCUT2D eigenvalue weighted by molar-refractivity contribution is 0.0583. The monoisotopic (exact) mass is 480 g/mol. The summed E-state index contributed by atoms with van der Waals surface area (Å²) in [5, 5.41) is 3.30. The normalized spacial score (nSPS) is 17.7. The maximum absolute atomic E-state index is 13.9. The molecule has 0 aliphatic heterocycles. The number of carbonyl (C=O) groups excluding carboxylic acids is 2. The molecule has 0 radical (unpaired) electrons. The smallest absolute Gasteiger partial charge is 0.257 e. The number of benzene rings is 2. The van der Waals surface area contributed by atoms with Crippen LogP contribution in [0.4, 0.5) is 10.1 Å². The second-order valence-corrected chi connectivity index (χ2v) is 8.87. The van der Waals surface area contributed by atoms with Gasteiger partial charge in [0.2, 0.25) is 0 Å². The third-order valence-electron chi connectivity index (χ3n) is 6.08. The van der Waals surface area contributed by atoms with Crippen LogP contribution in [0.5, 0.6) is 0 Å². The van der Waals surface area contributed by atoms with E-state index in [2.05, 4.69) is 10.3 Å². The quantitative estimate of drug-likeness (QED) is 0.517. The Kier molecular flexibility index (Phi) is 7.55. The van der Waals surface area contributed by atoms with Crippen LogP contribution in [0.25, 0.3) is 0 Å². The molecule has 3 N–H and O–H groups in total. The molecule has 2 unspecified atom stereocenters. The molecule has 1 fully saturated rings. The van der Waals surface area contributed by atoms with Crippen LogP contribution in [-0.4, -0.2) is 33.8 Å². The highest BCUT2D eigenvalue weighted by atomic mass is 35.5. The van der Waals surface area contributed by atoms with Crippen molar-refractivity contribution in [3.8, 4) is 0 Å². The van der Waals surface area contributed by atoms with Crippen molar-refractivity contribution in [3.05, 3.63) is 94.5 Å². The molecular formula is C26H26ClFN4O2. The Balaban J connectivity index is 1.62. The van der Waals surface area contributed by atoms with E-state index in [1.165, 1.54) is 24.4 Å². The minimum atomic E-state index is -0.475. The van der Waals surface area contributed by atoms with Gasteiger partial charge in [-0.15, -0.1) is 0 Å². The van der Waals surface area contributed by atoms with E-state index in [4.69, 9.17) is 17.3 Å². The lowest BCUT2D eigenvalue weighted by atomic mass is 9.89. The van der Waals surface area contributed by atoms with Crippen molar-refractivity contribution in [2.75, 3.05) is 5.32 Å². The Morgan fingerprint density at radius 1 is 1.09 bits per heavy atom. The summed E-state index contributed by atoms with van der Waals surface area (Å²) in [5.41, 5.74) is 8.30. The van der Waals surface area contributed by atoms with Gasteiger partial charge in [-0.25, -0.2) is 4.39 Å². The summed E-state index contributed by atoms with van der Waals surface area (Å²) in [6, 6.07) is 13.8. The summed E-state index contributed by atoms with van der Waals surface area (Å²) >= 11 is 6.49. The molecule has 3 aromatic rings. The Hall–Kier alpha value is -3.29. The third kappa shape index (κ3) is 5.61. The van der Waals surface area contributed by atoms with Crippen molar-refractivity contribution in [2.24, 2.45) is 5.73 Å². The predicted molar refractivity (Wildman–Crippen MR) is 130 cm³/mol. The molecule has 2 atom stereocenters. The van der Waals surface area contributed by atoms with Gasteiger partial charge in [-0.2, -0.15) is 0 Å². The predicted octanol–water partition coefficient (Wildman–Crippen LogP) is 5.04. The highest BCUT2D eigenvalue weighted by Gasteiger charge is 2.32. The molecule has 1 heterocycles. The molecule has 0 saturated heterocycles. The van der Waals surface area contributed by atoms with Gasteiger partial charge in [0.05, 0.1) is 5.56 Å². The lowest BCUT2D eigenvalue weighted by Gasteiger charge is -2.38. The molecule has 1 aliphatic carbocycles. The second-order valence-electron chi connectivity index (χ2n) is 8.46. The highest BCUT2D eigenvalue weighted by molar-refractivity contribution is 6.31. The van der Waals surface area contributed by atoms with Crippen molar-refractivity contribution >= 4 is 29.1 Å². The number of carbonyl (C=O) groups is 2. The molecule has 0 spiro atoms. The zero-order valence-corrected chi connectivity index (χ0v) is 19.3. The number of halogens is 2. The fraction of sp³-hybridized carbons (Fsp3) is 0.269. The van der Waals surface area contributed by atoms with Crippen molar-refractivity contribution in [1.29, 1.82) is 0 Å². The van der Waals surface area contributed by atoms with E-state index >= 15 is 0 Å². The molecule has 1 aliphatic rings. The summed E-state index contributed by atoms with van der Waals surface area (Å²) in [7, 11) is 0. The molecule has 8 heteroatoms. The third-order valence-corrected chi connectivity index (χ3v) is 6.45. The number of nitrogens with zero attached hydrogens (tertiary/aromatic N) is 2. The average molecular weight is 481 g/mol. The zero-order chi connectivity index (χ0) is 24.1. The van der Waals surface area contributed by atoms with Gasteiger partial charge in [0.25, 0.3) is 11.8 Å². The lowest BCUT2D eigenvalue weighted by Crippen LogP contribution is -2.51. The standard InChI is InChI=1S/C26H26ClFN4O2/c27-22-11-10-21(31-25(33)18-6-4-12-30-15-18)14-19(22)16-32(24-9-2-1-8-23(24)29)26(34)17-5-3-7-20(28)13-17/h3-7,10-15,23-24H,1-2,8-9,16,29H2,(H,31,33). The van der Waals surface area contributed by atoms with Gasteiger partial charge in [-0.1, -0.05) is 30.5 Å². The van der Waals surface area contributed by atoms with E-state index in [1.54, 1.807) is 47.5 Å². The molecule has 0 bridgehead atoms. The van der Waals surface area contributed by atoms with Gasteiger partial charge in [0, 0.05) is 47.3 Å². The van der Waals surface area contributed by atoms with Gasteiger partial charge in [0.15, 0.2) is 0 Å². The fourth-order valence-electron chi connectivity index (χ4n) is 4.31. The summed E-state index contributed by atoms with van der Waals surface area (Å²) in [6.07, 6.45) is 6.62. The number of amides is 2. The van der Waals surface area contributed by atoms with E-state index in [9.17, 15) is 14.0 Å². The topological polar surface area (TPSA) is 88.3 Å². The van der Waals surface area contributed by atoms with E-state index in [-0.39, 0.29) is 36.0 Å². The minimum Gasteiger partial charge on any atom is -0.330 e. The van der Waals surface area contributed by atoms with Gasteiger partial charge in [-0.3, -0.25) is 14.6 Å². The Morgan fingerprint density at radius 2 is 1.88 bits per heavy atom. The van der Waals surface area contributed by atoms with E-state index in [1.807, 2.05) is 0 Å². The number of anilines is 1. The molecule has 4 rings (SSSR count). The molecule has 2 amide bonds. The minimum absolute atomic E-state index is 0.182. The van der Waals surface area contributed by atoms with Crippen LogP contribution >= 0.6 is 11.6 Å². The number of nitrogens with one attached hydrogen (secondary N) is 1. The number of nitrogens with two attached hydrogens (primary N) is 1. The van der Waals surface area contributed by atoms with Crippen LogP contribution in [0.1, 0.15) is 52.0 Å². The van der Waals surface area contributed by atoms with Crippen molar-refractivity contribution in [2.45, 2.75) is 44.3 Å². The van der Waals surface area contributed by atoms with E-state index in [0.29, 0.717) is 21.8 Å². The largest absolute Gasteiger partial charge is 0.330 e. The van der Waals surface area contributed by atoms with Crippen molar-refractivity contribution in [1.82, 2.24) is 9.88 Å². The summed E-state index contributed by atoms with van der Waals surface area (Å²) in [6.45, 7) is 0.184. The summed E-state index contributed by atoms with van der Waals surface area (Å²) in [5.74, 6) is -1.08. The maximum Gasteiger partial charge on any atom is 0.257 e. The van der Waals surface area contributed by atoms with Gasteiger partial charge in [0.1, 0.15) is 5.82 Å². The second kappa shape index (κ2) is 10.8. The zero-order valence-electron chi connectivity index (χ0n) is 18.6. The Morgan fingerprint density at radius 3 is 2.62 bits per heavy atom. The number of aromatic nitrogens is 1. The molecular weight excluding hydrogens is 455 g/mol. The van der Waals surface area contributed by atoms with Crippen LogP contribution in [0, 0.1) is 5.82 Å². The average Bonchev–Trinajstić information content (AvgIpc) is 2.85. The number of hydrogen-bond donors (Lipinski definition) is 2. The first-order chi connectivity index (χ1) is 16.4. The van der Waals surface area contributed by atoms with Crippen LogP contribution < -0.4 is 11.1 Å². The first-order valence-electron chi connectivity index (χ1n) is 11.2. The van der Waals surface area contributed by atoms with E-state index in [0.717, 1.165) is 25.7 Å². The van der Waals surface area contributed by atoms with Crippen LogP contribution in [-0.2, 0) is 6.54 Å². The van der Waals surface area contributed by atoms with Gasteiger partial charge >= 0.3 is 0 Å². The molecule has 1 saturated carbocycles. The molecule has 34 heavy (non-hydrogen) atoms. The summed E-state index contributed by atoms with van der Waals surface area (Å²) in [4.78, 5) is 31.7. The first-order valence-corrected chi connectivity index (χ1v) is 11.6. The number of hydrogen-bond acceptors (Lipinski definition) is 4. The van der Waals surface area contributed by atoms with Crippen molar-refractivity contribution < 1.29 is 14.0 Å². The van der Waals surface area contributed by atoms with Crippen LogP contribution in [0.3, 0.4) is 0 Å². The summed E-state index contributed by atoms with van der Waals surface area (Å²) < 4.78 is 13.9. The van der Waals surface area contributed by atoms with Crippen LogP contribution in [0.2, 0.25) is 5.02 Å². The number of pyridine rings is 1. The van der Waals surface area contributed by atoms with Gasteiger partial charge in [-0.05, 0) is 66.9 Å². The Bertz CT molecular complexity index is 1170. The van der Waals surface area contributed by atoms with Crippen molar-refractivity contribution in [3.63, 3.8) is 0 Å². The highest BCUT2D eigenvalue weighted by Crippen LogP contribution is 2.29. The molecule has 1 aromatic heterocycles. The molecule has 2 aromatic carbocycles. The number of rotatable bonds is 6. The first kappa shape index (κ1) is 23.9.